The number of nitrogens with zero attached hydrogens (tertiary/aromatic N) is 4. The van der Waals surface area contributed by atoms with Crippen molar-refractivity contribution < 1.29 is 89.8 Å². The van der Waals surface area contributed by atoms with Gasteiger partial charge in [0.15, 0.2) is 18.3 Å². The van der Waals surface area contributed by atoms with E-state index in [2.05, 4.69) is 0 Å². The van der Waals surface area contributed by atoms with Crippen LogP contribution in [0.15, 0.2) is 42.0 Å². The first-order valence-corrected chi connectivity index (χ1v) is 27.7. The van der Waals surface area contributed by atoms with Crippen LogP contribution in [-0.2, 0) is 82.9 Å². The molecular weight excluding hydrogens is 1060 g/mol. The van der Waals surface area contributed by atoms with Crippen LogP contribution in [0.25, 0.3) is 0 Å². The van der Waals surface area contributed by atoms with Crippen molar-refractivity contribution in [3.8, 4) is 0 Å². The molecule has 5 rings (SSSR count). The zero-order valence-electron chi connectivity index (χ0n) is 49.3. The van der Waals surface area contributed by atoms with Gasteiger partial charge in [-0.15, -0.1) is 0 Å². The van der Waals surface area contributed by atoms with Gasteiger partial charge in [-0.2, -0.15) is 0 Å². The maximum atomic E-state index is 15.6. The molecule has 81 heavy (non-hydrogen) atoms. The number of carbonyl (C=O) groups excluding carboxylic acids is 9. The average molecular weight is 1150 g/mol. The Kier molecular flexibility index (Phi) is 22.0. The first kappa shape index (κ1) is 65.6. The Morgan fingerprint density at radius 3 is 1.56 bits per heavy atom. The molecule has 4 aliphatic rings. The van der Waals surface area contributed by atoms with Crippen molar-refractivity contribution in [3.05, 3.63) is 47.5 Å². The minimum Gasteiger partial charge on any atom is -0.458 e. The van der Waals surface area contributed by atoms with Gasteiger partial charge in [0.2, 0.25) is 6.10 Å². The van der Waals surface area contributed by atoms with Gasteiger partial charge in [-0.1, -0.05) is 42.0 Å². The van der Waals surface area contributed by atoms with Crippen LogP contribution < -0.4 is 0 Å². The number of hydrogen-bond acceptors (Lipinski definition) is 17. The standard InChI is InChI=1S/C58H84F2N4O17/c1-36(45(65)62(11)42(34-56(8,9)60)49(69)80-44(32-39-21-29-75-30-22-39)50(70)76-35-40-17-15-14-16-18-40)77-51(71)57(23-24-57)63(12)47(67)43(31-38-19-27-74-28-20-38)79-48(68)41(33-55(6,7)59)61(10)46(66)37(2)78-52(72)58(25-26-58)64(13)53(73)81-54(3,4)5/h14-18,21,36-38,41-44H,19-20,22-35H2,1-13H3/t36-,37-,41+,42+,43-,44-/m1/s1. The maximum absolute atomic E-state index is 15.6. The minimum atomic E-state index is -2.09. The SMILES string of the molecule is C[C@@H](OC(=O)C1(N(C)C(=O)OC(C)(C)C)CC1)C(=O)N(C)[C@@H](CC(C)(C)F)C(=O)O[C@H](CC1CCOCC1)C(=O)N(C)C1(C(=O)O[C@H](C)C(=O)N(C)[C@@H](CC(C)(C)F)C(=O)O[C@H](CC2=CCOCC2)C(=O)OCc2ccccc2)CC1. The first-order chi connectivity index (χ1) is 37.7. The number of benzene rings is 1. The van der Waals surface area contributed by atoms with Crippen LogP contribution in [0.3, 0.4) is 0 Å². The summed E-state index contributed by atoms with van der Waals surface area (Å²) in [5.41, 5.74) is -6.60. The molecule has 1 aromatic rings. The van der Waals surface area contributed by atoms with Gasteiger partial charge in [0.05, 0.1) is 13.2 Å². The molecule has 0 N–H and O–H groups in total. The van der Waals surface area contributed by atoms with E-state index >= 15 is 8.78 Å². The molecule has 0 aromatic heterocycles. The number of esters is 5. The molecule has 2 heterocycles. The van der Waals surface area contributed by atoms with Crippen LogP contribution in [0.1, 0.15) is 139 Å². The van der Waals surface area contributed by atoms with Crippen molar-refractivity contribution in [2.75, 3.05) is 54.6 Å². The second-order valence-electron chi connectivity index (χ2n) is 24.0. The van der Waals surface area contributed by atoms with E-state index in [4.69, 9.17) is 37.9 Å². The lowest BCUT2D eigenvalue weighted by atomic mass is 9.92. The fourth-order valence-electron chi connectivity index (χ4n) is 9.63. The molecule has 452 valence electrons. The summed E-state index contributed by atoms with van der Waals surface area (Å²) in [6, 6.07) is 5.55. The minimum absolute atomic E-state index is 0.0473. The van der Waals surface area contributed by atoms with E-state index < -0.39 is 131 Å². The average Bonchev–Trinajstić information content (AvgIpc) is 4.39. The van der Waals surface area contributed by atoms with Gasteiger partial charge in [0, 0.05) is 60.7 Å². The molecule has 2 aliphatic heterocycles. The van der Waals surface area contributed by atoms with Crippen molar-refractivity contribution in [2.24, 2.45) is 5.92 Å². The molecule has 6 atom stereocenters. The van der Waals surface area contributed by atoms with Gasteiger partial charge in [-0.05, 0) is 125 Å². The van der Waals surface area contributed by atoms with Crippen LogP contribution in [-0.4, -0.2) is 192 Å². The van der Waals surface area contributed by atoms with Gasteiger partial charge < -0.3 is 52.6 Å². The normalized spacial score (nSPS) is 19.0. The number of alkyl halides is 2. The Balaban J connectivity index is 1.30. The van der Waals surface area contributed by atoms with Crippen LogP contribution in [0.2, 0.25) is 0 Å². The Bertz CT molecular complexity index is 2460. The Hall–Kier alpha value is -6.23. The number of amides is 4. The van der Waals surface area contributed by atoms with Gasteiger partial charge in [-0.3, -0.25) is 19.3 Å². The summed E-state index contributed by atoms with van der Waals surface area (Å²) in [4.78, 5) is 130. The number of likely N-dealkylation sites (N-methyl/N-ethyl adjacent to an activating group) is 4. The number of rotatable bonds is 26. The molecule has 1 aromatic carbocycles. The highest BCUT2D eigenvalue weighted by Gasteiger charge is 2.60. The molecule has 21 nitrogen and oxygen atoms in total. The predicted molar refractivity (Wildman–Crippen MR) is 287 cm³/mol. The van der Waals surface area contributed by atoms with E-state index in [9.17, 15) is 43.2 Å². The highest BCUT2D eigenvalue weighted by atomic mass is 19.1. The number of hydrogen-bond donors (Lipinski definition) is 0. The molecule has 0 unspecified atom stereocenters. The van der Waals surface area contributed by atoms with E-state index in [1.807, 2.05) is 0 Å². The van der Waals surface area contributed by atoms with Crippen LogP contribution in [0.4, 0.5) is 13.6 Å². The zero-order chi connectivity index (χ0) is 60.4. The lowest BCUT2D eigenvalue weighted by Gasteiger charge is -2.36. The van der Waals surface area contributed by atoms with Crippen LogP contribution in [0, 0.1) is 5.92 Å². The van der Waals surface area contributed by atoms with Crippen molar-refractivity contribution in [1.29, 1.82) is 0 Å². The zero-order valence-corrected chi connectivity index (χ0v) is 49.3. The maximum Gasteiger partial charge on any atom is 0.410 e. The highest BCUT2D eigenvalue weighted by Crippen LogP contribution is 2.45. The molecule has 23 heteroatoms. The highest BCUT2D eigenvalue weighted by molar-refractivity contribution is 5.96. The van der Waals surface area contributed by atoms with Gasteiger partial charge in [0.25, 0.3) is 17.7 Å². The molecular formula is C58H84F2N4O17. The Labute approximate surface area is 473 Å². The molecule has 0 spiro atoms. The van der Waals surface area contributed by atoms with E-state index in [0.717, 1.165) is 25.2 Å². The van der Waals surface area contributed by atoms with E-state index in [1.165, 1.54) is 69.7 Å². The fraction of sp³-hybridized carbons (Fsp3) is 0.707. The fourth-order valence-corrected chi connectivity index (χ4v) is 9.63. The Morgan fingerprint density at radius 1 is 0.630 bits per heavy atom. The molecule has 0 radical (unpaired) electrons. The van der Waals surface area contributed by atoms with Gasteiger partial charge in [0.1, 0.15) is 46.7 Å². The quantitative estimate of drug-likeness (QED) is 0.0562. The number of carbonyl (C=O) groups is 9. The van der Waals surface area contributed by atoms with Crippen molar-refractivity contribution in [3.63, 3.8) is 0 Å². The summed E-state index contributed by atoms with van der Waals surface area (Å²) in [7, 11) is 5.11. The summed E-state index contributed by atoms with van der Waals surface area (Å²) in [5.74, 6) is -7.92. The lowest BCUT2D eigenvalue weighted by Crippen LogP contribution is -2.55. The summed E-state index contributed by atoms with van der Waals surface area (Å²) in [5, 5.41) is 0. The predicted octanol–water partition coefficient (Wildman–Crippen LogP) is 6.29. The second kappa shape index (κ2) is 27.2. The second-order valence-corrected chi connectivity index (χ2v) is 24.0. The van der Waals surface area contributed by atoms with Gasteiger partial charge >= 0.3 is 35.9 Å². The lowest BCUT2D eigenvalue weighted by molar-refractivity contribution is -0.177. The van der Waals surface area contributed by atoms with Crippen molar-refractivity contribution in [2.45, 2.75) is 204 Å². The molecule has 4 amide bonds. The third-order valence-corrected chi connectivity index (χ3v) is 15.0. The summed E-state index contributed by atoms with van der Waals surface area (Å²) < 4.78 is 76.1. The summed E-state index contributed by atoms with van der Waals surface area (Å²) in [6.07, 6.45) is -4.46. The topological polar surface area (TPSA) is 240 Å². The van der Waals surface area contributed by atoms with Crippen molar-refractivity contribution in [1.82, 2.24) is 19.6 Å². The molecule has 2 saturated carbocycles. The third-order valence-electron chi connectivity index (χ3n) is 15.0. The molecule has 0 bridgehead atoms. The van der Waals surface area contributed by atoms with E-state index in [1.54, 1.807) is 57.2 Å². The smallest absolute Gasteiger partial charge is 0.410 e. The largest absolute Gasteiger partial charge is 0.458 e. The van der Waals surface area contributed by atoms with Crippen LogP contribution >= 0.6 is 0 Å². The third kappa shape index (κ3) is 18.4. The molecule has 1 saturated heterocycles. The van der Waals surface area contributed by atoms with E-state index in [-0.39, 0.29) is 57.7 Å². The van der Waals surface area contributed by atoms with Gasteiger partial charge in [-0.25, -0.2) is 37.5 Å². The Morgan fingerprint density at radius 2 is 1.11 bits per heavy atom. The monoisotopic (exact) mass is 1150 g/mol. The molecule has 3 fully saturated rings. The number of ether oxygens (including phenoxy) is 8. The number of halogens is 2. The summed E-state index contributed by atoms with van der Waals surface area (Å²) >= 11 is 0. The first-order valence-electron chi connectivity index (χ1n) is 27.7. The molecule has 2 aliphatic carbocycles. The van der Waals surface area contributed by atoms with Crippen LogP contribution in [0.5, 0.6) is 0 Å². The van der Waals surface area contributed by atoms with E-state index in [0.29, 0.717) is 44.6 Å². The summed E-state index contributed by atoms with van der Waals surface area (Å²) in [6.45, 7) is 13.5. The van der Waals surface area contributed by atoms with Crippen molar-refractivity contribution >= 4 is 53.7 Å².